The van der Waals surface area contributed by atoms with Crippen LogP contribution in [0.25, 0.3) is 0 Å². The van der Waals surface area contributed by atoms with Crippen molar-refractivity contribution in [3.8, 4) is 0 Å². The van der Waals surface area contributed by atoms with E-state index in [1.54, 1.807) is 0 Å². The van der Waals surface area contributed by atoms with Crippen molar-refractivity contribution >= 4 is 23.4 Å². The molecule has 9 heteroatoms. The molecule has 1 atom stereocenters. The number of carbonyl (C=O) groups is 1. The zero-order valence-electron chi connectivity index (χ0n) is 9.47. The SMILES string of the molecule is CC(Sc1ccc(C(F)(F)F)cc1[N+](=O)[O-])C(=O)O. The lowest BCUT2D eigenvalue weighted by molar-refractivity contribution is -0.388. The molecule has 1 aromatic rings. The standard InChI is InChI=1S/C10H8F3NO4S/c1-5(9(15)16)19-8-3-2-6(10(11,12)13)4-7(8)14(17)18/h2-5H,1H3,(H,15,16). The van der Waals surface area contributed by atoms with E-state index in [-0.39, 0.29) is 4.90 Å². The van der Waals surface area contributed by atoms with Gasteiger partial charge in [-0.05, 0) is 19.1 Å². The van der Waals surface area contributed by atoms with Gasteiger partial charge in [-0.3, -0.25) is 14.9 Å². The minimum absolute atomic E-state index is 0.118. The van der Waals surface area contributed by atoms with Gasteiger partial charge in [0.15, 0.2) is 0 Å². The summed E-state index contributed by atoms with van der Waals surface area (Å²) in [5, 5.41) is 18.4. The molecule has 0 spiro atoms. The second-order valence-corrected chi connectivity index (χ2v) is 4.92. The molecular weight excluding hydrogens is 287 g/mol. The molecule has 1 N–H and O–H groups in total. The molecule has 0 amide bonds. The number of nitro benzene ring substituents is 1. The fourth-order valence-corrected chi connectivity index (χ4v) is 2.06. The van der Waals surface area contributed by atoms with E-state index >= 15 is 0 Å². The Morgan fingerprint density at radius 2 is 2.05 bits per heavy atom. The number of alkyl halides is 3. The van der Waals surface area contributed by atoms with Crippen molar-refractivity contribution in [2.45, 2.75) is 23.2 Å². The largest absolute Gasteiger partial charge is 0.480 e. The Labute approximate surface area is 109 Å². The maximum atomic E-state index is 12.4. The third-order valence-corrected chi connectivity index (χ3v) is 3.29. The average molecular weight is 295 g/mol. The molecule has 0 aromatic heterocycles. The maximum absolute atomic E-state index is 12.4. The molecule has 0 radical (unpaired) electrons. The highest BCUT2D eigenvalue weighted by atomic mass is 32.2. The Hall–Kier alpha value is -1.77. The highest BCUT2D eigenvalue weighted by Gasteiger charge is 2.33. The molecule has 0 bridgehead atoms. The van der Waals surface area contributed by atoms with Gasteiger partial charge in [-0.15, -0.1) is 11.8 Å². The number of carboxylic acids is 1. The summed E-state index contributed by atoms with van der Waals surface area (Å²) < 4.78 is 37.3. The van der Waals surface area contributed by atoms with Crippen LogP contribution in [0, 0.1) is 10.1 Å². The molecular formula is C10H8F3NO4S. The van der Waals surface area contributed by atoms with Crippen molar-refractivity contribution in [1.29, 1.82) is 0 Å². The van der Waals surface area contributed by atoms with Crippen LogP contribution in [0.4, 0.5) is 18.9 Å². The monoisotopic (exact) mass is 295 g/mol. The Balaban J connectivity index is 3.19. The lowest BCUT2D eigenvalue weighted by Gasteiger charge is -2.10. The second-order valence-electron chi connectivity index (χ2n) is 3.54. The molecule has 1 aromatic carbocycles. The predicted octanol–water partition coefficient (Wildman–Crippen LogP) is 3.18. The Morgan fingerprint density at radius 1 is 1.47 bits per heavy atom. The van der Waals surface area contributed by atoms with E-state index in [0.717, 1.165) is 6.07 Å². The Bertz CT molecular complexity index is 518. The Morgan fingerprint density at radius 3 is 2.47 bits per heavy atom. The minimum atomic E-state index is -4.69. The first-order chi connectivity index (χ1) is 8.62. The zero-order valence-corrected chi connectivity index (χ0v) is 10.3. The topological polar surface area (TPSA) is 80.4 Å². The third kappa shape index (κ3) is 3.85. The first kappa shape index (κ1) is 15.3. The summed E-state index contributed by atoms with van der Waals surface area (Å²) in [4.78, 5) is 20.3. The molecule has 0 aliphatic heterocycles. The first-order valence-electron chi connectivity index (χ1n) is 4.88. The number of carboxylic acid groups (broad SMARTS) is 1. The summed E-state index contributed by atoms with van der Waals surface area (Å²) in [6.07, 6.45) is -4.69. The number of nitro groups is 1. The van der Waals surface area contributed by atoms with Gasteiger partial charge in [-0.25, -0.2) is 0 Å². The highest BCUT2D eigenvalue weighted by molar-refractivity contribution is 8.00. The number of nitrogens with zero attached hydrogens (tertiary/aromatic N) is 1. The van der Waals surface area contributed by atoms with Crippen LogP contribution in [0.3, 0.4) is 0 Å². The summed E-state index contributed by atoms with van der Waals surface area (Å²) in [7, 11) is 0. The lowest BCUT2D eigenvalue weighted by atomic mass is 10.2. The number of thioether (sulfide) groups is 1. The van der Waals surface area contributed by atoms with Gasteiger partial charge in [0.25, 0.3) is 5.69 Å². The molecule has 0 saturated heterocycles. The van der Waals surface area contributed by atoms with Gasteiger partial charge in [0, 0.05) is 6.07 Å². The van der Waals surface area contributed by atoms with Crippen molar-refractivity contribution in [3.05, 3.63) is 33.9 Å². The molecule has 0 heterocycles. The number of hydrogen-bond donors (Lipinski definition) is 1. The van der Waals surface area contributed by atoms with Crippen molar-refractivity contribution < 1.29 is 28.0 Å². The van der Waals surface area contributed by atoms with E-state index in [2.05, 4.69) is 0 Å². The van der Waals surface area contributed by atoms with Crippen LogP contribution in [-0.2, 0) is 11.0 Å². The van der Waals surface area contributed by atoms with Crippen LogP contribution in [0.5, 0.6) is 0 Å². The van der Waals surface area contributed by atoms with Gasteiger partial charge >= 0.3 is 12.1 Å². The molecule has 1 unspecified atom stereocenters. The van der Waals surface area contributed by atoms with Gasteiger partial charge in [0.2, 0.25) is 0 Å². The summed E-state index contributed by atoms with van der Waals surface area (Å²) in [6.45, 7) is 1.29. The molecule has 0 aliphatic carbocycles. The van der Waals surface area contributed by atoms with Gasteiger partial charge in [-0.2, -0.15) is 13.2 Å². The quantitative estimate of drug-likeness (QED) is 0.524. The number of aliphatic carboxylic acids is 1. The number of halogens is 3. The smallest absolute Gasteiger partial charge is 0.416 e. The van der Waals surface area contributed by atoms with Crippen molar-refractivity contribution in [2.75, 3.05) is 0 Å². The van der Waals surface area contributed by atoms with E-state index in [9.17, 15) is 28.1 Å². The molecule has 1 rings (SSSR count). The fourth-order valence-electron chi connectivity index (χ4n) is 1.18. The summed E-state index contributed by atoms with van der Waals surface area (Å²) in [5.41, 5.74) is -1.90. The normalized spacial score (nSPS) is 13.1. The van der Waals surface area contributed by atoms with Crippen LogP contribution >= 0.6 is 11.8 Å². The average Bonchev–Trinajstić information content (AvgIpc) is 2.27. The van der Waals surface area contributed by atoms with E-state index in [4.69, 9.17) is 5.11 Å². The van der Waals surface area contributed by atoms with E-state index in [1.165, 1.54) is 6.92 Å². The molecule has 19 heavy (non-hydrogen) atoms. The molecule has 0 saturated carbocycles. The van der Waals surface area contributed by atoms with Crippen LogP contribution in [0.15, 0.2) is 23.1 Å². The van der Waals surface area contributed by atoms with E-state index in [0.29, 0.717) is 23.9 Å². The van der Waals surface area contributed by atoms with Crippen LogP contribution in [0.2, 0.25) is 0 Å². The zero-order chi connectivity index (χ0) is 14.8. The highest BCUT2D eigenvalue weighted by Crippen LogP contribution is 2.37. The first-order valence-corrected chi connectivity index (χ1v) is 5.76. The minimum Gasteiger partial charge on any atom is -0.480 e. The van der Waals surface area contributed by atoms with Gasteiger partial charge in [0.1, 0.15) is 5.25 Å². The van der Waals surface area contributed by atoms with Crippen LogP contribution < -0.4 is 0 Å². The molecule has 0 aliphatic rings. The summed E-state index contributed by atoms with van der Waals surface area (Å²) in [6, 6.07) is 1.99. The van der Waals surface area contributed by atoms with Crippen molar-refractivity contribution in [1.82, 2.24) is 0 Å². The number of benzene rings is 1. The lowest BCUT2D eigenvalue weighted by Crippen LogP contribution is -2.12. The summed E-state index contributed by atoms with van der Waals surface area (Å²) >= 11 is 0.617. The molecule has 0 fully saturated rings. The third-order valence-electron chi connectivity index (χ3n) is 2.13. The number of rotatable bonds is 4. The fraction of sp³-hybridized carbons (Fsp3) is 0.300. The second kappa shape index (κ2) is 5.47. The van der Waals surface area contributed by atoms with Crippen molar-refractivity contribution in [3.63, 3.8) is 0 Å². The van der Waals surface area contributed by atoms with Crippen LogP contribution in [-0.4, -0.2) is 21.2 Å². The van der Waals surface area contributed by atoms with Crippen LogP contribution in [0.1, 0.15) is 12.5 Å². The molecule has 104 valence electrons. The number of hydrogen-bond acceptors (Lipinski definition) is 4. The van der Waals surface area contributed by atoms with Gasteiger partial charge in [-0.1, -0.05) is 0 Å². The van der Waals surface area contributed by atoms with E-state index in [1.807, 2.05) is 0 Å². The van der Waals surface area contributed by atoms with E-state index < -0.39 is 33.6 Å². The van der Waals surface area contributed by atoms with Crippen molar-refractivity contribution in [2.24, 2.45) is 0 Å². The Kier molecular flexibility index (Phi) is 4.40. The maximum Gasteiger partial charge on any atom is 0.416 e. The summed E-state index contributed by atoms with van der Waals surface area (Å²) in [5.74, 6) is -1.21. The van der Waals surface area contributed by atoms with Gasteiger partial charge in [0.05, 0.1) is 15.4 Å². The predicted molar refractivity (Wildman–Crippen MR) is 61.1 cm³/mol. The van der Waals surface area contributed by atoms with Gasteiger partial charge < -0.3 is 5.11 Å². The molecule has 5 nitrogen and oxygen atoms in total.